The average Bonchev–Trinajstić information content (AvgIpc) is 2.72. The Bertz CT molecular complexity index is 425. The molecule has 0 radical (unpaired) electrons. The molecule has 2 heterocycles. The molecule has 1 aromatic heterocycles. The molecule has 0 unspecified atom stereocenters. The largest absolute Gasteiger partial charge is 0.350 e. The van der Waals surface area contributed by atoms with Crippen molar-refractivity contribution in [2.75, 3.05) is 46.3 Å². The van der Waals surface area contributed by atoms with Gasteiger partial charge in [-0.25, -0.2) is 0 Å². The highest BCUT2D eigenvalue weighted by atomic mass is 79.9. The van der Waals surface area contributed by atoms with E-state index in [4.69, 9.17) is 0 Å². The fourth-order valence-corrected chi connectivity index (χ4v) is 3.90. The molecule has 1 fully saturated rings. The van der Waals surface area contributed by atoms with E-state index in [1.807, 2.05) is 6.07 Å². The first-order chi connectivity index (χ1) is 9.06. The second kappa shape index (κ2) is 7.17. The summed E-state index contributed by atoms with van der Waals surface area (Å²) in [6.07, 6.45) is 0. The number of nitrogens with zero attached hydrogens (tertiary/aromatic N) is 2. The monoisotopic (exact) mass is 409 g/mol. The molecule has 0 saturated carbocycles. The van der Waals surface area contributed by atoms with Crippen LogP contribution in [-0.4, -0.2) is 62.0 Å². The van der Waals surface area contributed by atoms with Crippen molar-refractivity contribution in [1.29, 1.82) is 0 Å². The highest BCUT2D eigenvalue weighted by Crippen LogP contribution is 2.32. The molecule has 2 rings (SSSR count). The molecule has 0 atom stereocenters. The Morgan fingerprint density at radius 2 is 2.05 bits per heavy atom. The maximum atomic E-state index is 11.9. The van der Waals surface area contributed by atoms with Gasteiger partial charge < -0.3 is 10.2 Å². The van der Waals surface area contributed by atoms with Crippen LogP contribution < -0.4 is 5.32 Å². The normalized spacial score (nSPS) is 17.6. The van der Waals surface area contributed by atoms with Gasteiger partial charge in [0.1, 0.15) is 0 Å². The summed E-state index contributed by atoms with van der Waals surface area (Å²) < 4.78 is 1.89. The molecule has 4 nitrogen and oxygen atoms in total. The molecule has 0 aromatic carbocycles. The van der Waals surface area contributed by atoms with Crippen molar-refractivity contribution >= 4 is 49.1 Å². The first-order valence-electron chi connectivity index (χ1n) is 6.20. The highest BCUT2D eigenvalue weighted by Gasteiger charge is 2.15. The second-order valence-corrected chi connectivity index (χ2v) is 7.86. The smallest absolute Gasteiger partial charge is 0.261 e. The quantitative estimate of drug-likeness (QED) is 0.826. The van der Waals surface area contributed by atoms with E-state index in [1.54, 1.807) is 0 Å². The van der Waals surface area contributed by atoms with Crippen molar-refractivity contribution in [3.63, 3.8) is 0 Å². The van der Waals surface area contributed by atoms with Gasteiger partial charge in [-0.05, 0) is 45.0 Å². The minimum atomic E-state index is 0.00512. The first-order valence-corrected chi connectivity index (χ1v) is 8.60. The van der Waals surface area contributed by atoms with Crippen LogP contribution in [-0.2, 0) is 0 Å². The minimum absolute atomic E-state index is 0.00512. The second-order valence-electron chi connectivity index (χ2n) is 4.63. The Labute approximate surface area is 134 Å². The van der Waals surface area contributed by atoms with Gasteiger partial charge in [-0.15, -0.1) is 11.3 Å². The summed E-state index contributed by atoms with van der Waals surface area (Å²) in [6, 6.07) is 1.85. The molecule has 19 heavy (non-hydrogen) atoms. The maximum Gasteiger partial charge on any atom is 0.261 e. The molecular formula is C12H17Br2N3OS. The van der Waals surface area contributed by atoms with Crippen molar-refractivity contribution in [3.8, 4) is 0 Å². The van der Waals surface area contributed by atoms with Crippen LogP contribution >= 0.6 is 43.2 Å². The summed E-state index contributed by atoms with van der Waals surface area (Å²) in [5, 5.41) is 2.97. The van der Waals surface area contributed by atoms with Gasteiger partial charge in [0.25, 0.3) is 5.91 Å². The number of carbonyl (C=O) groups is 1. The van der Waals surface area contributed by atoms with Crippen LogP contribution in [0.3, 0.4) is 0 Å². The van der Waals surface area contributed by atoms with Gasteiger partial charge in [0.15, 0.2) is 0 Å². The van der Waals surface area contributed by atoms with Crippen LogP contribution in [0, 0.1) is 0 Å². The van der Waals surface area contributed by atoms with E-state index in [0.717, 1.165) is 45.9 Å². The van der Waals surface area contributed by atoms with E-state index in [0.29, 0.717) is 6.54 Å². The summed E-state index contributed by atoms with van der Waals surface area (Å²) in [5.74, 6) is 0.00512. The summed E-state index contributed by atoms with van der Waals surface area (Å²) in [5.41, 5.74) is 0. The van der Waals surface area contributed by atoms with Crippen molar-refractivity contribution < 1.29 is 4.79 Å². The van der Waals surface area contributed by atoms with Gasteiger partial charge in [0, 0.05) is 43.7 Å². The number of thiophene rings is 1. The average molecular weight is 411 g/mol. The van der Waals surface area contributed by atoms with E-state index >= 15 is 0 Å². The third-order valence-corrected chi connectivity index (χ3v) is 6.43. The number of nitrogens with one attached hydrogen (secondary N) is 1. The van der Waals surface area contributed by atoms with Gasteiger partial charge in [-0.2, -0.15) is 0 Å². The maximum absolute atomic E-state index is 11.9. The van der Waals surface area contributed by atoms with Crippen LogP contribution in [0.2, 0.25) is 0 Å². The molecule has 1 amide bonds. The first kappa shape index (κ1) is 15.4. The molecule has 1 aliphatic rings. The molecule has 1 aliphatic heterocycles. The lowest BCUT2D eigenvalue weighted by atomic mass is 10.3. The molecule has 0 spiro atoms. The highest BCUT2D eigenvalue weighted by molar-refractivity contribution is 9.13. The van der Waals surface area contributed by atoms with Gasteiger partial charge in [0.2, 0.25) is 0 Å². The molecule has 1 saturated heterocycles. The lowest BCUT2D eigenvalue weighted by Crippen LogP contribution is -2.46. The Hall–Kier alpha value is 0.0500. The number of hydrogen-bond donors (Lipinski definition) is 1. The Balaban J connectivity index is 1.72. The zero-order valence-corrected chi connectivity index (χ0v) is 14.8. The van der Waals surface area contributed by atoms with E-state index in [9.17, 15) is 4.79 Å². The number of rotatable bonds is 4. The van der Waals surface area contributed by atoms with E-state index < -0.39 is 0 Å². The summed E-state index contributed by atoms with van der Waals surface area (Å²) >= 11 is 8.24. The van der Waals surface area contributed by atoms with E-state index in [-0.39, 0.29) is 5.91 Å². The van der Waals surface area contributed by atoms with E-state index in [1.165, 1.54) is 11.3 Å². The van der Waals surface area contributed by atoms with Crippen LogP contribution in [0.15, 0.2) is 14.3 Å². The number of piperazine rings is 1. The summed E-state index contributed by atoms with van der Waals surface area (Å²) in [7, 11) is 2.14. The zero-order chi connectivity index (χ0) is 13.8. The van der Waals surface area contributed by atoms with Gasteiger partial charge in [0.05, 0.1) is 8.66 Å². The molecule has 1 aromatic rings. The predicted molar refractivity (Wildman–Crippen MR) is 86.0 cm³/mol. The molecule has 0 aliphatic carbocycles. The van der Waals surface area contributed by atoms with E-state index in [2.05, 4.69) is 54.0 Å². The van der Waals surface area contributed by atoms with Crippen LogP contribution in [0.5, 0.6) is 0 Å². The SMILES string of the molecule is CN1CCN(CCNC(=O)c2cc(Br)c(Br)s2)CC1. The van der Waals surface area contributed by atoms with Crippen LogP contribution in [0.1, 0.15) is 9.67 Å². The standard InChI is InChI=1S/C12H17Br2N3OS/c1-16-4-6-17(7-5-16)3-2-15-12(18)10-8-9(13)11(14)19-10/h8H,2-7H2,1H3,(H,15,18). The Kier molecular flexibility index (Phi) is 5.83. The van der Waals surface area contributed by atoms with Gasteiger partial charge in [-0.3, -0.25) is 9.69 Å². The van der Waals surface area contributed by atoms with Crippen molar-refractivity contribution in [2.45, 2.75) is 0 Å². The number of amides is 1. The zero-order valence-electron chi connectivity index (χ0n) is 10.8. The molecule has 1 N–H and O–H groups in total. The third-order valence-electron chi connectivity index (χ3n) is 3.18. The minimum Gasteiger partial charge on any atom is -0.350 e. The predicted octanol–water partition coefficient (Wildman–Crippen LogP) is 2.25. The lowest BCUT2D eigenvalue weighted by Gasteiger charge is -2.32. The fraction of sp³-hybridized carbons (Fsp3) is 0.583. The number of hydrogen-bond acceptors (Lipinski definition) is 4. The number of carbonyl (C=O) groups excluding carboxylic acids is 1. The number of halogens is 2. The number of likely N-dealkylation sites (N-methyl/N-ethyl adjacent to an activating group) is 1. The molecule has 7 heteroatoms. The van der Waals surface area contributed by atoms with Gasteiger partial charge in [-0.1, -0.05) is 0 Å². The molecule has 106 valence electrons. The van der Waals surface area contributed by atoms with Crippen molar-refractivity contribution in [1.82, 2.24) is 15.1 Å². The van der Waals surface area contributed by atoms with Crippen LogP contribution in [0.25, 0.3) is 0 Å². The fourth-order valence-electron chi connectivity index (χ4n) is 1.94. The third kappa shape index (κ3) is 4.53. The Morgan fingerprint density at radius 1 is 1.37 bits per heavy atom. The molecule has 0 bridgehead atoms. The van der Waals surface area contributed by atoms with Gasteiger partial charge >= 0.3 is 0 Å². The summed E-state index contributed by atoms with van der Waals surface area (Å²) in [6.45, 7) is 6.02. The topological polar surface area (TPSA) is 35.6 Å². The van der Waals surface area contributed by atoms with Crippen molar-refractivity contribution in [2.24, 2.45) is 0 Å². The lowest BCUT2D eigenvalue weighted by molar-refractivity contribution is 0.0945. The summed E-state index contributed by atoms with van der Waals surface area (Å²) in [4.78, 5) is 17.4. The van der Waals surface area contributed by atoms with Crippen molar-refractivity contribution in [3.05, 3.63) is 19.2 Å². The molecular weight excluding hydrogens is 394 g/mol. The van der Waals surface area contributed by atoms with Crippen LogP contribution in [0.4, 0.5) is 0 Å². The Morgan fingerprint density at radius 3 is 2.63 bits per heavy atom.